The van der Waals surface area contributed by atoms with Crippen molar-refractivity contribution < 1.29 is 9.84 Å². The third-order valence-corrected chi connectivity index (χ3v) is 1.97. The maximum Gasteiger partial charge on any atom is 0.0594 e. The summed E-state index contributed by atoms with van der Waals surface area (Å²) in [4.78, 5) is 0. The van der Waals surface area contributed by atoms with E-state index in [2.05, 4.69) is 6.92 Å². The van der Waals surface area contributed by atoms with Crippen LogP contribution in [0.25, 0.3) is 0 Å². The summed E-state index contributed by atoms with van der Waals surface area (Å²) < 4.78 is 5.48. The van der Waals surface area contributed by atoms with Crippen molar-refractivity contribution in [1.29, 1.82) is 0 Å². The van der Waals surface area contributed by atoms with Crippen LogP contribution in [0.4, 0.5) is 0 Å². The van der Waals surface area contributed by atoms with Crippen molar-refractivity contribution in [3.63, 3.8) is 0 Å². The molecule has 0 bridgehead atoms. The number of rotatable bonds is 6. The minimum absolute atomic E-state index is 0.187. The minimum atomic E-state index is 0.187. The zero-order valence-corrected chi connectivity index (χ0v) is 7.84. The molecule has 2 heteroatoms. The molecular weight excluding hydrogens is 140 g/mol. The van der Waals surface area contributed by atoms with E-state index in [1.807, 2.05) is 13.8 Å². The van der Waals surface area contributed by atoms with E-state index in [1.54, 1.807) is 0 Å². The van der Waals surface area contributed by atoms with Crippen LogP contribution in [0.15, 0.2) is 0 Å². The van der Waals surface area contributed by atoms with E-state index >= 15 is 0 Å². The predicted molar refractivity (Wildman–Crippen MR) is 46.6 cm³/mol. The first-order valence-corrected chi connectivity index (χ1v) is 4.44. The molecule has 68 valence electrons. The lowest BCUT2D eigenvalue weighted by molar-refractivity contribution is 0.0106. The molecule has 1 N–H and O–H groups in total. The molecule has 0 heterocycles. The summed E-state index contributed by atoms with van der Waals surface area (Å²) in [6, 6.07) is 0. The first kappa shape index (κ1) is 10.9. The van der Waals surface area contributed by atoms with Crippen LogP contribution in [0.1, 0.15) is 33.6 Å². The van der Waals surface area contributed by atoms with E-state index in [0.29, 0.717) is 0 Å². The smallest absolute Gasteiger partial charge is 0.0594 e. The van der Waals surface area contributed by atoms with Crippen molar-refractivity contribution in [3.05, 3.63) is 0 Å². The van der Waals surface area contributed by atoms with Gasteiger partial charge >= 0.3 is 0 Å². The first-order chi connectivity index (χ1) is 5.22. The van der Waals surface area contributed by atoms with Crippen molar-refractivity contribution in [2.75, 3.05) is 13.2 Å². The summed E-state index contributed by atoms with van der Waals surface area (Å²) in [5.41, 5.74) is 0. The maximum atomic E-state index is 8.78. The van der Waals surface area contributed by atoms with Crippen molar-refractivity contribution >= 4 is 0 Å². The zero-order chi connectivity index (χ0) is 8.69. The molecule has 0 spiro atoms. The van der Waals surface area contributed by atoms with Gasteiger partial charge in [-0.2, -0.15) is 0 Å². The molecule has 0 aromatic rings. The third kappa shape index (κ3) is 5.22. The number of ether oxygens (including phenoxy) is 1. The van der Waals surface area contributed by atoms with Gasteiger partial charge in [0.2, 0.25) is 0 Å². The third-order valence-electron chi connectivity index (χ3n) is 1.97. The summed E-state index contributed by atoms with van der Waals surface area (Å²) in [6.45, 7) is 7.19. The quantitative estimate of drug-likeness (QED) is 0.600. The van der Waals surface area contributed by atoms with Gasteiger partial charge in [0.05, 0.1) is 6.10 Å². The Bertz CT molecular complexity index is 83.6. The molecule has 0 aliphatic rings. The highest BCUT2D eigenvalue weighted by Gasteiger charge is 2.10. The Hall–Kier alpha value is -0.0800. The van der Waals surface area contributed by atoms with Gasteiger partial charge in [0.15, 0.2) is 0 Å². The molecule has 0 aromatic heterocycles. The molecule has 2 atom stereocenters. The van der Waals surface area contributed by atoms with Crippen LogP contribution < -0.4 is 0 Å². The number of aliphatic hydroxyl groups excluding tert-OH is 1. The number of hydrogen-bond acceptors (Lipinski definition) is 2. The molecule has 0 fully saturated rings. The van der Waals surface area contributed by atoms with Gasteiger partial charge in [0.25, 0.3) is 0 Å². The summed E-state index contributed by atoms with van der Waals surface area (Å²) in [6.07, 6.45) is 2.47. The summed E-state index contributed by atoms with van der Waals surface area (Å²) >= 11 is 0. The second-order valence-corrected chi connectivity index (χ2v) is 3.09. The molecule has 0 unspecified atom stereocenters. The summed E-state index contributed by atoms with van der Waals surface area (Å²) in [5, 5.41) is 8.78. The van der Waals surface area contributed by atoms with Crippen LogP contribution in [0, 0.1) is 5.92 Å². The normalized spacial score (nSPS) is 16.4. The lowest BCUT2D eigenvalue weighted by Gasteiger charge is -2.17. The standard InChI is InChI=1S/C9H20O2/c1-4-5-6-11-9(3)8(2)7-10/h8-10H,4-7H2,1-3H3/t8-,9-/m0/s1. The highest BCUT2D eigenvalue weighted by Crippen LogP contribution is 2.06. The van der Waals surface area contributed by atoms with Gasteiger partial charge in [-0.15, -0.1) is 0 Å². The Balaban J connectivity index is 3.28. The van der Waals surface area contributed by atoms with Gasteiger partial charge in [-0.1, -0.05) is 20.3 Å². The highest BCUT2D eigenvalue weighted by atomic mass is 16.5. The summed E-state index contributed by atoms with van der Waals surface area (Å²) in [5.74, 6) is 0.256. The van der Waals surface area contributed by atoms with Gasteiger partial charge in [-0.05, 0) is 13.3 Å². The van der Waals surface area contributed by atoms with Crippen LogP contribution in [-0.4, -0.2) is 24.4 Å². The topological polar surface area (TPSA) is 29.5 Å². The molecular formula is C9H20O2. The predicted octanol–water partition coefficient (Wildman–Crippen LogP) is 1.82. The maximum absolute atomic E-state index is 8.78. The molecule has 0 aromatic carbocycles. The zero-order valence-electron chi connectivity index (χ0n) is 7.84. The van der Waals surface area contributed by atoms with Gasteiger partial charge in [-0.3, -0.25) is 0 Å². The average molecular weight is 160 g/mol. The minimum Gasteiger partial charge on any atom is -0.396 e. The molecule has 0 rings (SSSR count). The summed E-state index contributed by atoms with van der Waals surface area (Å²) in [7, 11) is 0. The number of unbranched alkanes of at least 4 members (excludes halogenated alkanes) is 1. The van der Waals surface area contributed by atoms with E-state index in [4.69, 9.17) is 9.84 Å². The number of aliphatic hydroxyl groups is 1. The van der Waals surface area contributed by atoms with E-state index < -0.39 is 0 Å². The fourth-order valence-electron chi connectivity index (χ4n) is 0.726. The lowest BCUT2D eigenvalue weighted by Crippen LogP contribution is -2.21. The van der Waals surface area contributed by atoms with Crippen LogP contribution in [0.2, 0.25) is 0 Å². The molecule has 11 heavy (non-hydrogen) atoms. The Morgan fingerprint density at radius 1 is 1.36 bits per heavy atom. The van der Waals surface area contributed by atoms with Crippen molar-refractivity contribution in [1.82, 2.24) is 0 Å². The SMILES string of the molecule is CCCCO[C@@H](C)[C@@H](C)CO. The van der Waals surface area contributed by atoms with Crippen LogP contribution in [-0.2, 0) is 4.74 Å². The van der Waals surface area contributed by atoms with Crippen molar-refractivity contribution in [2.45, 2.75) is 39.7 Å². The fraction of sp³-hybridized carbons (Fsp3) is 1.00. The average Bonchev–Trinajstić information content (AvgIpc) is 2.03. The Kier molecular flexibility index (Phi) is 6.57. The largest absolute Gasteiger partial charge is 0.396 e. The van der Waals surface area contributed by atoms with Gasteiger partial charge in [0.1, 0.15) is 0 Å². The number of hydrogen-bond donors (Lipinski definition) is 1. The van der Waals surface area contributed by atoms with Gasteiger partial charge in [0, 0.05) is 19.1 Å². The van der Waals surface area contributed by atoms with Crippen LogP contribution in [0.5, 0.6) is 0 Å². The van der Waals surface area contributed by atoms with Crippen LogP contribution >= 0.6 is 0 Å². The molecule has 0 saturated carbocycles. The fourth-order valence-corrected chi connectivity index (χ4v) is 0.726. The van der Waals surface area contributed by atoms with E-state index in [9.17, 15) is 0 Å². The van der Waals surface area contributed by atoms with Gasteiger partial charge < -0.3 is 9.84 Å². The molecule has 0 aliphatic carbocycles. The van der Waals surface area contributed by atoms with E-state index in [0.717, 1.165) is 13.0 Å². The van der Waals surface area contributed by atoms with Crippen molar-refractivity contribution in [2.24, 2.45) is 5.92 Å². The Morgan fingerprint density at radius 2 is 2.00 bits per heavy atom. The lowest BCUT2D eigenvalue weighted by atomic mass is 10.1. The van der Waals surface area contributed by atoms with Gasteiger partial charge in [-0.25, -0.2) is 0 Å². The van der Waals surface area contributed by atoms with Crippen LogP contribution in [0.3, 0.4) is 0 Å². The Morgan fingerprint density at radius 3 is 2.45 bits per heavy atom. The molecule has 0 aliphatic heterocycles. The van der Waals surface area contributed by atoms with Crippen molar-refractivity contribution in [3.8, 4) is 0 Å². The molecule has 0 saturated heterocycles. The highest BCUT2D eigenvalue weighted by molar-refractivity contribution is 4.58. The van der Waals surface area contributed by atoms with E-state index in [-0.39, 0.29) is 18.6 Å². The Labute approximate surface area is 69.6 Å². The first-order valence-electron chi connectivity index (χ1n) is 4.44. The molecule has 0 radical (unpaired) electrons. The molecule has 2 nitrogen and oxygen atoms in total. The van der Waals surface area contributed by atoms with E-state index in [1.165, 1.54) is 6.42 Å². The second-order valence-electron chi connectivity index (χ2n) is 3.09. The monoisotopic (exact) mass is 160 g/mol. The second kappa shape index (κ2) is 6.62. The molecule has 0 amide bonds.